The van der Waals surface area contributed by atoms with Gasteiger partial charge in [0.2, 0.25) is 0 Å². The number of nitrogens with one attached hydrogen (secondary N) is 1. The van der Waals surface area contributed by atoms with Crippen LogP contribution < -0.4 is 5.32 Å². The van der Waals surface area contributed by atoms with Gasteiger partial charge < -0.3 is 5.32 Å². The summed E-state index contributed by atoms with van der Waals surface area (Å²) < 4.78 is 0. The monoisotopic (exact) mass is 316 g/mol. The van der Waals surface area contributed by atoms with Crippen LogP contribution >= 0.6 is 24.8 Å². The van der Waals surface area contributed by atoms with Gasteiger partial charge in [-0.1, -0.05) is 30.3 Å². The third-order valence-electron chi connectivity index (χ3n) is 4.83. The van der Waals surface area contributed by atoms with Gasteiger partial charge in [0, 0.05) is 6.54 Å². The van der Waals surface area contributed by atoms with Gasteiger partial charge in [0.25, 0.3) is 0 Å². The number of hydrogen-bond acceptors (Lipinski definition) is 2. The predicted octanol–water partition coefficient (Wildman–Crippen LogP) is 3.50. The molecule has 3 rings (SSSR count). The maximum Gasteiger partial charge on any atom is 0.0233 e. The summed E-state index contributed by atoms with van der Waals surface area (Å²) in [4.78, 5) is 2.63. The van der Waals surface area contributed by atoms with E-state index in [1.807, 2.05) is 0 Å². The average molecular weight is 317 g/mol. The lowest BCUT2D eigenvalue weighted by molar-refractivity contribution is 0.0701. The number of nitrogens with zero attached hydrogens (tertiary/aromatic N) is 1. The molecular weight excluding hydrogens is 291 g/mol. The highest BCUT2D eigenvalue weighted by Crippen LogP contribution is 2.39. The maximum atomic E-state index is 3.49. The van der Waals surface area contributed by atoms with Gasteiger partial charge in [-0.3, -0.25) is 4.90 Å². The van der Waals surface area contributed by atoms with Crippen LogP contribution in [0.4, 0.5) is 0 Å². The van der Waals surface area contributed by atoms with E-state index in [1.165, 1.54) is 57.4 Å². The minimum atomic E-state index is 0. The number of hydrogen-bond donors (Lipinski definition) is 1. The van der Waals surface area contributed by atoms with Gasteiger partial charge in [-0.05, 0) is 62.8 Å². The summed E-state index contributed by atoms with van der Waals surface area (Å²) in [6.45, 7) is 6.18. The first-order valence-corrected chi connectivity index (χ1v) is 7.33. The van der Waals surface area contributed by atoms with E-state index in [4.69, 9.17) is 0 Å². The van der Waals surface area contributed by atoms with Gasteiger partial charge in [-0.25, -0.2) is 0 Å². The zero-order chi connectivity index (χ0) is 12.3. The Labute approximate surface area is 135 Å². The van der Waals surface area contributed by atoms with Crippen LogP contribution in [0.25, 0.3) is 0 Å². The van der Waals surface area contributed by atoms with Gasteiger partial charge in [0.15, 0.2) is 0 Å². The zero-order valence-corrected chi connectivity index (χ0v) is 13.6. The van der Waals surface area contributed by atoms with E-state index in [2.05, 4.69) is 40.5 Å². The summed E-state index contributed by atoms with van der Waals surface area (Å²) in [6, 6.07) is 10.9. The number of likely N-dealkylation sites (tertiary alicyclic amines) is 1. The van der Waals surface area contributed by atoms with Crippen LogP contribution in [0, 0.1) is 5.41 Å². The van der Waals surface area contributed by atoms with Gasteiger partial charge >= 0.3 is 0 Å². The Morgan fingerprint density at radius 3 is 2.10 bits per heavy atom. The molecule has 114 valence electrons. The molecule has 2 fully saturated rings. The van der Waals surface area contributed by atoms with Crippen molar-refractivity contribution in [2.45, 2.75) is 32.2 Å². The smallest absolute Gasteiger partial charge is 0.0233 e. The van der Waals surface area contributed by atoms with Crippen molar-refractivity contribution in [2.75, 3.05) is 26.2 Å². The molecule has 2 saturated heterocycles. The van der Waals surface area contributed by atoms with Crippen molar-refractivity contribution in [1.29, 1.82) is 0 Å². The van der Waals surface area contributed by atoms with Crippen molar-refractivity contribution in [3.8, 4) is 0 Å². The Bertz CT molecular complexity index is 367. The standard InChI is InChI=1S/C16H24N2.2ClH/c1-2-4-15(5-3-1)14-18-12-8-16(9-13-18)6-10-17-11-7-16;;/h1-5,17H,6-14H2;2*1H. The zero-order valence-electron chi connectivity index (χ0n) is 12.0. The molecule has 2 heterocycles. The largest absolute Gasteiger partial charge is 0.317 e. The summed E-state index contributed by atoms with van der Waals surface area (Å²) in [5.74, 6) is 0. The second kappa shape index (κ2) is 8.23. The quantitative estimate of drug-likeness (QED) is 0.898. The van der Waals surface area contributed by atoms with E-state index in [0.29, 0.717) is 5.41 Å². The van der Waals surface area contributed by atoms with Gasteiger partial charge in [0.1, 0.15) is 0 Å². The van der Waals surface area contributed by atoms with Gasteiger partial charge in [-0.2, -0.15) is 0 Å². The average Bonchev–Trinajstić information content (AvgIpc) is 2.44. The number of piperidine rings is 2. The lowest BCUT2D eigenvalue weighted by Gasteiger charge is -2.44. The summed E-state index contributed by atoms with van der Waals surface area (Å²) in [6.07, 6.45) is 5.60. The minimum absolute atomic E-state index is 0. The van der Waals surface area contributed by atoms with E-state index in [1.54, 1.807) is 0 Å². The van der Waals surface area contributed by atoms with Crippen LogP contribution in [0.15, 0.2) is 30.3 Å². The molecule has 0 aromatic heterocycles. The summed E-state index contributed by atoms with van der Waals surface area (Å²) >= 11 is 0. The molecule has 2 aliphatic heterocycles. The van der Waals surface area contributed by atoms with E-state index in [-0.39, 0.29) is 24.8 Å². The highest BCUT2D eigenvalue weighted by Gasteiger charge is 2.35. The Kier molecular flexibility index (Phi) is 7.32. The molecule has 20 heavy (non-hydrogen) atoms. The minimum Gasteiger partial charge on any atom is -0.317 e. The normalized spacial score (nSPS) is 21.8. The second-order valence-electron chi connectivity index (χ2n) is 6.01. The van der Waals surface area contributed by atoms with Crippen molar-refractivity contribution in [3.63, 3.8) is 0 Å². The molecule has 0 amide bonds. The lowest BCUT2D eigenvalue weighted by Crippen LogP contribution is -2.45. The van der Waals surface area contributed by atoms with Crippen LogP contribution in [-0.2, 0) is 6.54 Å². The highest BCUT2D eigenvalue weighted by molar-refractivity contribution is 5.85. The Morgan fingerprint density at radius 1 is 0.900 bits per heavy atom. The van der Waals surface area contributed by atoms with Crippen LogP contribution in [0.3, 0.4) is 0 Å². The van der Waals surface area contributed by atoms with E-state index >= 15 is 0 Å². The van der Waals surface area contributed by atoms with Crippen molar-refractivity contribution < 1.29 is 0 Å². The fourth-order valence-corrected chi connectivity index (χ4v) is 3.48. The van der Waals surface area contributed by atoms with Crippen molar-refractivity contribution in [1.82, 2.24) is 10.2 Å². The predicted molar refractivity (Wildman–Crippen MR) is 90.0 cm³/mol. The summed E-state index contributed by atoms with van der Waals surface area (Å²) in [5, 5.41) is 3.49. The molecule has 1 N–H and O–H groups in total. The fourth-order valence-electron chi connectivity index (χ4n) is 3.48. The first-order valence-electron chi connectivity index (χ1n) is 7.33. The molecule has 0 bridgehead atoms. The first-order chi connectivity index (χ1) is 8.86. The molecule has 0 atom stereocenters. The van der Waals surface area contributed by atoms with Crippen molar-refractivity contribution >= 4 is 24.8 Å². The Hall–Kier alpha value is -0.280. The molecule has 1 aromatic rings. The van der Waals surface area contributed by atoms with Crippen LogP contribution in [0.2, 0.25) is 0 Å². The Balaban J connectivity index is 0.000001000. The van der Waals surface area contributed by atoms with E-state index in [9.17, 15) is 0 Å². The van der Waals surface area contributed by atoms with Crippen LogP contribution in [-0.4, -0.2) is 31.1 Å². The summed E-state index contributed by atoms with van der Waals surface area (Å²) in [5.41, 5.74) is 2.14. The van der Waals surface area contributed by atoms with Gasteiger partial charge in [-0.15, -0.1) is 24.8 Å². The third-order valence-corrected chi connectivity index (χ3v) is 4.83. The Morgan fingerprint density at radius 2 is 1.50 bits per heavy atom. The molecule has 0 saturated carbocycles. The molecule has 0 aliphatic carbocycles. The summed E-state index contributed by atoms with van der Waals surface area (Å²) in [7, 11) is 0. The molecule has 2 aliphatic rings. The SMILES string of the molecule is Cl.Cl.c1ccc(CN2CCC3(CCNCC3)CC2)cc1. The second-order valence-corrected chi connectivity index (χ2v) is 6.01. The number of rotatable bonds is 2. The van der Waals surface area contributed by atoms with Crippen LogP contribution in [0.5, 0.6) is 0 Å². The number of halogens is 2. The van der Waals surface area contributed by atoms with Crippen LogP contribution in [0.1, 0.15) is 31.2 Å². The molecular formula is C16H26Cl2N2. The molecule has 0 unspecified atom stereocenters. The molecule has 4 heteroatoms. The van der Waals surface area contributed by atoms with E-state index < -0.39 is 0 Å². The topological polar surface area (TPSA) is 15.3 Å². The highest BCUT2D eigenvalue weighted by atomic mass is 35.5. The lowest BCUT2D eigenvalue weighted by atomic mass is 9.71. The number of benzene rings is 1. The van der Waals surface area contributed by atoms with Crippen molar-refractivity contribution in [3.05, 3.63) is 35.9 Å². The first kappa shape index (κ1) is 17.8. The maximum absolute atomic E-state index is 3.49. The fraction of sp³-hybridized carbons (Fsp3) is 0.625. The van der Waals surface area contributed by atoms with Crippen molar-refractivity contribution in [2.24, 2.45) is 5.41 Å². The van der Waals surface area contributed by atoms with Gasteiger partial charge in [0.05, 0.1) is 0 Å². The molecule has 1 aromatic carbocycles. The molecule has 1 spiro atoms. The van der Waals surface area contributed by atoms with E-state index in [0.717, 1.165) is 6.54 Å². The molecule has 0 radical (unpaired) electrons. The molecule has 2 nitrogen and oxygen atoms in total. The third kappa shape index (κ3) is 4.36.